The molecule has 0 spiro atoms. The van der Waals surface area contributed by atoms with Gasteiger partial charge in [-0.3, -0.25) is 4.79 Å². The van der Waals surface area contributed by atoms with Crippen LogP contribution in [0.3, 0.4) is 0 Å². The summed E-state index contributed by atoms with van der Waals surface area (Å²) in [5.74, 6) is -0.115. The van der Waals surface area contributed by atoms with Crippen molar-refractivity contribution in [3.63, 3.8) is 0 Å². The Morgan fingerprint density at radius 3 is 2.60 bits per heavy atom. The van der Waals surface area contributed by atoms with Gasteiger partial charge in [0.2, 0.25) is 0 Å². The zero-order valence-electron chi connectivity index (χ0n) is 10.7. The zero-order valence-corrected chi connectivity index (χ0v) is 13.1. The SMILES string of the molecule is Cc1sc(-c2c(Cl)cccc2Cl)nc1C(=O)NC1CC1. The summed E-state index contributed by atoms with van der Waals surface area (Å²) in [6.07, 6.45) is 2.11. The quantitative estimate of drug-likeness (QED) is 0.912. The predicted octanol–water partition coefficient (Wildman–Crippen LogP) is 4.32. The molecule has 1 amide bonds. The lowest BCUT2D eigenvalue weighted by molar-refractivity contribution is 0.0946. The molecule has 0 radical (unpaired) electrons. The molecule has 6 heteroatoms. The molecule has 2 aromatic rings. The van der Waals surface area contributed by atoms with Crippen molar-refractivity contribution in [2.24, 2.45) is 0 Å². The highest BCUT2D eigenvalue weighted by atomic mass is 35.5. The Hall–Kier alpha value is -1.10. The third-order valence-corrected chi connectivity index (χ3v) is 4.72. The molecule has 1 aromatic carbocycles. The van der Waals surface area contributed by atoms with Gasteiger partial charge in [0.1, 0.15) is 10.7 Å². The first kappa shape index (κ1) is 13.9. The van der Waals surface area contributed by atoms with Gasteiger partial charge in [-0.05, 0) is 31.9 Å². The third kappa shape index (κ3) is 2.68. The molecule has 0 saturated heterocycles. The number of carbonyl (C=O) groups is 1. The van der Waals surface area contributed by atoms with Crippen LogP contribution < -0.4 is 5.32 Å². The lowest BCUT2D eigenvalue weighted by atomic mass is 10.2. The summed E-state index contributed by atoms with van der Waals surface area (Å²) in [5.41, 5.74) is 1.15. The van der Waals surface area contributed by atoms with Crippen LogP contribution in [0, 0.1) is 6.92 Å². The Labute approximate surface area is 130 Å². The number of carbonyl (C=O) groups excluding carboxylic acids is 1. The van der Waals surface area contributed by atoms with E-state index in [4.69, 9.17) is 23.2 Å². The van der Waals surface area contributed by atoms with E-state index in [2.05, 4.69) is 10.3 Å². The van der Waals surface area contributed by atoms with Crippen molar-refractivity contribution in [2.75, 3.05) is 0 Å². The first-order valence-corrected chi connectivity index (χ1v) is 7.86. The van der Waals surface area contributed by atoms with Gasteiger partial charge >= 0.3 is 0 Å². The van der Waals surface area contributed by atoms with Crippen LogP contribution in [-0.2, 0) is 0 Å². The summed E-state index contributed by atoms with van der Waals surface area (Å²) in [5, 5.41) is 4.71. The van der Waals surface area contributed by atoms with E-state index < -0.39 is 0 Å². The number of aromatic nitrogens is 1. The number of amides is 1. The Kier molecular flexibility index (Phi) is 3.71. The van der Waals surface area contributed by atoms with Crippen molar-refractivity contribution in [1.29, 1.82) is 0 Å². The number of thiazole rings is 1. The first-order valence-electron chi connectivity index (χ1n) is 6.29. The van der Waals surface area contributed by atoms with E-state index in [1.807, 2.05) is 6.92 Å². The minimum Gasteiger partial charge on any atom is -0.348 e. The van der Waals surface area contributed by atoms with E-state index in [-0.39, 0.29) is 5.91 Å². The second kappa shape index (κ2) is 5.35. The minimum absolute atomic E-state index is 0.115. The monoisotopic (exact) mass is 326 g/mol. The molecule has 0 aliphatic heterocycles. The molecule has 0 atom stereocenters. The fourth-order valence-electron chi connectivity index (χ4n) is 1.90. The summed E-state index contributed by atoms with van der Waals surface area (Å²) >= 11 is 13.8. The Morgan fingerprint density at radius 1 is 1.35 bits per heavy atom. The second-order valence-electron chi connectivity index (χ2n) is 4.77. The molecule has 3 rings (SSSR count). The lowest BCUT2D eigenvalue weighted by Crippen LogP contribution is -2.26. The van der Waals surface area contributed by atoms with Crippen molar-refractivity contribution in [3.8, 4) is 10.6 Å². The summed E-state index contributed by atoms with van der Waals surface area (Å²) in [7, 11) is 0. The van der Waals surface area contributed by atoms with Gasteiger partial charge in [0, 0.05) is 16.5 Å². The number of halogens is 2. The maximum absolute atomic E-state index is 12.1. The molecule has 0 unspecified atom stereocenters. The smallest absolute Gasteiger partial charge is 0.271 e. The highest BCUT2D eigenvalue weighted by Gasteiger charge is 2.26. The van der Waals surface area contributed by atoms with Crippen molar-refractivity contribution in [3.05, 3.63) is 38.8 Å². The van der Waals surface area contributed by atoms with Crippen LogP contribution in [0.2, 0.25) is 10.0 Å². The fraction of sp³-hybridized carbons (Fsp3) is 0.286. The number of hydrogen-bond acceptors (Lipinski definition) is 3. The highest BCUT2D eigenvalue weighted by Crippen LogP contribution is 2.37. The second-order valence-corrected chi connectivity index (χ2v) is 6.79. The van der Waals surface area contributed by atoms with Crippen LogP contribution in [0.4, 0.5) is 0 Å². The molecule has 0 bridgehead atoms. The number of benzene rings is 1. The Bertz CT molecular complexity index is 660. The van der Waals surface area contributed by atoms with Crippen LogP contribution in [0.1, 0.15) is 28.2 Å². The number of rotatable bonds is 3. The van der Waals surface area contributed by atoms with Crippen LogP contribution in [0.5, 0.6) is 0 Å². The Morgan fingerprint density at radius 2 is 2.00 bits per heavy atom. The summed E-state index contributed by atoms with van der Waals surface area (Å²) < 4.78 is 0. The van der Waals surface area contributed by atoms with Crippen molar-refractivity contribution >= 4 is 40.4 Å². The third-order valence-electron chi connectivity index (χ3n) is 3.10. The fourth-order valence-corrected chi connectivity index (χ4v) is 3.57. The number of aryl methyl sites for hydroxylation is 1. The lowest BCUT2D eigenvalue weighted by Gasteiger charge is -2.02. The van der Waals surface area contributed by atoms with Crippen molar-refractivity contribution in [2.45, 2.75) is 25.8 Å². The van der Waals surface area contributed by atoms with E-state index >= 15 is 0 Å². The molecule has 1 fully saturated rings. The van der Waals surface area contributed by atoms with E-state index in [0.717, 1.165) is 17.7 Å². The van der Waals surface area contributed by atoms with Gasteiger partial charge in [-0.2, -0.15) is 0 Å². The van der Waals surface area contributed by atoms with Gasteiger partial charge in [-0.25, -0.2) is 4.98 Å². The van der Waals surface area contributed by atoms with Crippen LogP contribution in [-0.4, -0.2) is 16.9 Å². The summed E-state index contributed by atoms with van der Waals surface area (Å²) in [6.45, 7) is 1.88. The molecule has 1 aromatic heterocycles. The maximum atomic E-state index is 12.1. The molecular weight excluding hydrogens is 315 g/mol. The highest BCUT2D eigenvalue weighted by molar-refractivity contribution is 7.15. The van der Waals surface area contributed by atoms with E-state index in [1.165, 1.54) is 11.3 Å². The van der Waals surface area contributed by atoms with Crippen LogP contribution >= 0.6 is 34.5 Å². The average molecular weight is 327 g/mol. The topological polar surface area (TPSA) is 42.0 Å². The number of nitrogens with one attached hydrogen (secondary N) is 1. The summed E-state index contributed by atoms with van der Waals surface area (Å²) in [4.78, 5) is 17.4. The number of hydrogen-bond donors (Lipinski definition) is 1. The molecule has 1 aliphatic carbocycles. The molecule has 1 heterocycles. The first-order chi connectivity index (χ1) is 9.56. The largest absolute Gasteiger partial charge is 0.348 e. The van der Waals surface area contributed by atoms with Gasteiger partial charge in [-0.1, -0.05) is 29.3 Å². The molecule has 3 nitrogen and oxygen atoms in total. The predicted molar refractivity (Wildman–Crippen MR) is 82.8 cm³/mol. The average Bonchev–Trinajstić information content (AvgIpc) is 3.11. The molecular formula is C14H12Cl2N2OS. The normalized spacial score (nSPS) is 14.3. The van der Waals surface area contributed by atoms with E-state index in [0.29, 0.717) is 32.4 Å². The number of nitrogens with zero attached hydrogens (tertiary/aromatic N) is 1. The van der Waals surface area contributed by atoms with Crippen LogP contribution in [0.25, 0.3) is 10.6 Å². The molecule has 1 aliphatic rings. The standard InChI is InChI=1S/C14H12Cl2N2OS/c1-7-12(13(19)17-8-5-6-8)18-14(20-7)11-9(15)3-2-4-10(11)16/h2-4,8H,5-6H2,1H3,(H,17,19). The van der Waals surface area contributed by atoms with Gasteiger partial charge in [0.25, 0.3) is 5.91 Å². The molecule has 1 saturated carbocycles. The van der Waals surface area contributed by atoms with Gasteiger partial charge in [0.15, 0.2) is 0 Å². The molecule has 104 valence electrons. The molecule has 20 heavy (non-hydrogen) atoms. The molecule has 1 N–H and O–H groups in total. The van der Waals surface area contributed by atoms with E-state index in [9.17, 15) is 4.79 Å². The van der Waals surface area contributed by atoms with Gasteiger partial charge in [0.05, 0.1) is 10.0 Å². The van der Waals surface area contributed by atoms with Gasteiger partial charge in [-0.15, -0.1) is 11.3 Å². The van der Waals surface area contributed by atoms with Gasteiger partial charge < -0.3 is 5.32 Å². The minimum atomic E-state index is -0.115. The van der Waals surface area contributed by atoms with Crippen LogP contribution in [0.15, 0.2) is 18.2 Å². The Balaban J connectivity index is 1.97. The zero-order chi connectivity index (χ0) is 14.3. The van der Waals surface area contributed by atoms with Crippen molar-refractivity contribution in [1.82, 2.24) is 10.3 Å². The van der Waals surface area contributed by atoms with E-state index in [1.54, 1.807) is 18.2 Å². The van der Waals surface area contributed by atoms with Crippen molar-refractivity contribution < 1.29 is 4.79 Å². The maximum Gasteiger partial charge on any atom is 0.271 e. The summed E-state index contributed by atoms with van der Waals surface area (Å²) in [6, 6.07) is 5.64.